The summed E-state index contributed by atoms with van der Waals surface area (Å²) in [6, 6.07) is -1.03. The summed E-state index contributed by atoms with van der Waals surface area (Å²) in [5.74, 6) is 0. The molecule has 1 aliphatic heterocycles. The number of amides is 2. The normalized spacial score (nSPS) is 17.7. The number of urea groups is 1. The average molecular weight is 455 g/mol. The Morgan fingerprint density at radius 1 is 1.33 bits per heavy atom. The van der Waals surface area contributed by atoms with Gasteiger partial charge in [-0.2, -0.15) is 13.5 Å². The molecule has 1 aliphatic rings. The Morgan fingerprint density at radius 2 is 2.10 bits per heavy atom. The van der Waals surface area contributed by atoms with E-state index in [1.807, 2.05) is 26.3 Å². The number of nitrogens with zero attached hydrogens (tertiary/aromatic N) is 4. The Bertz CT molecular complexity index is 963. The first-order chi connectivity index (χ1) is 14.2. The standard InChI is InChI=1S/C19H30N6O3S2/c1-5-14-13-29-17(6-2)18(14)21-19(26)22-30(27,28)25(16-10-20-24(4)12-16)15-8-7-9-23(3)11-15/h10,12-13,15H,5-9,11H2,1-4H3,(H2,21,22,26). The molecule has 2 amide bonds. The van der Waals surface area contributed by atoms with Gasteiger partial charge in [-0.05, 0) is 50.2 Å². The summed E-state index contributed by atoms with van der Waals surface area (Å²) in [5, 5.41) is 8.89. The van der Waals surface area contributed by atoms with Crippen molar-refractivity contribution in [3.63, 3.8) is 0 Å². The molecular formula is C19H30N6O3S2. The molecular weight excluding hydrogens is 424 g/mol. The van der Waals surface area contributed by atoms with Crippen molar-refractivity contribution in [1.29, 1.82) is 0 Å². The predicted molar refractivity (Wildman–Crippen MR) is 120 cm³/mol. The van der Waals surface area contributed by atoms with E-state index < -0.39 is 16.2 Å². The Labute approximate surface area is 182 Å². The molecule has 0 spiro atoms. The summed E-state index contributed by atoms with van der Waals surface area (Å²) in [7, 11) is -0.432. The second-order valence-electron chi connectivity index (χ2n) is 7.55. The summed E-state index contributed by atoms with van der Waals surface area (Å²) in [6.45, 7) is 5.52. The van der Waals surface area contributed by atoms with Crippen LogP contribution in [-0.2, 0) is 30.1 Å². The van der Waals surface area contributed by atoms with Crippen molar-refractivity contribution in [3.8, 4) is 0 Å². The quantitative estimate of drug-likeness (QED) is 0.670. The first kappa shape index (κ1) is 22.6. The minimum absolute atomic E-state index is 0.281. The van der Waals surface area contributed by atoms with Crippen molar-refractivity contribution in [2.75, 3.05) is 29.8 Å². The van der Waals surface area contributed by atoms with Crippen molar-refractivity contribution >= 4 is 39.0 Å². The molecule has 1 fully saturated rings. The van der Waals surface area contributed by atoms with E-state index in [1.165, 1.54) is 10.5 Å². The van der Waals surface area contributed by atoms with Gasteiger partial charge in [0.1, 0.15) is 0 Å². The molecule has 1 atom stereocenters. The Balaban J connectivity index is 1.84. The number of likely N-dealkylation sites (tertiary alicyclic amines) is 1. The van der Waals surface area contributed by atoms with Gasteiger partial charge in [-0.3, -0.25) is 4.68 Å². The average Bonchev–Trinajstić information content (AvgIpc) is 3.26. The Kier molecular flexibility index (Phi) is 7.04. The molecule has 30 heavy (non-hydrogen) atoms. The summed E-state index contributed by atoms with van der Waals surface area (Å²) in [5.41, 5.74) is 2.16. The second-order valence-corrected chi connectivity index (χ2v) is 10.1. The maximum Gasteiger partial charge on any atom is 0.334 e. The maximum absolute atomic E-state index is 13.3. The van der Waals surface area contributed by atoms with Gasteiger partial charge in [-0.25, -0.2) is 13.8 Å². The van der Waals surface area contributed by atoms with Crippen molar-refractivity contribution in [1.82, 2.24) is 19.4 Å². The van der Waals surface area contributed by atoms with E-state index in [2.05, 4.69) is 20.0 Å². The molecule has 1 unspecified atom stereocenters. The number of aryl methyl sites for hydroxylation is 3. The van der Waals surface area contributed by atoms with Crippen LogP contribution >= 0.6 is 11.3 Å². The van der Waals surface area contributed by atoms with Gasteiger partial charge in [0, 0.05) is 24.7 Å². The van der Waals surface area contributed by atoms with Gasteiger partial charge in [-0.15, -0.1) is 11.3 Å². The van der Waals surface area contributed by atoms with Gasteiger partial charge >= 0.3 is 16.2 Å². The number of hydrogen-bond donors (Lipinski definition) is 2. The van der Waals surface area contributed by atoms with Crippen LogP contribution in [0.3, 0.4) is 0 Å². The molecule has 2 aromatic heterocycles. The Morgan fingerprint density at radius 3 is 2.70 bits per heavy atom. The first-order valence-electron chi connectivity index (χ1n) is 10.1. The molecule has 3 heterocycles. The number of hydrogen-bond acceptors (Lipinski definition) is 6. The summed E-state index contributed by atoms with van der Waals surface area (Å²) in [6.07, 6.45) is 6.28. The van der Waals surface area contributed by atoms with Gasteiger partial charge in [0.05, 0.1) is 23.6 Å². The fourth-order valence-electron chi connectivity index (χ4n) is 3.81. The lowest BCUT2D eigenvalue weighted by Gasteiger charge is -2.37. The maximum atomic E-state index is 13.3. The van der Waals surface area contributed by atoms with Crippen molar-refractivity contribution in [2.45, 2.75) is 45.6 Å². The highest BCUT2D eigenvalue weighted by Gasteiger charge is 2.35. The molecule has 0 bridgehead atoms. The van der Waals surface area contributed by atoms with Crippen molar-refractivity contribution in [3.05, 3.63) is 28.2 Å². The highest BCUT2D eigenvalue weighted by Crippen LogP contribution is 2.29. The van der Waals surface area contributed by atoms with E-state index in [9.17, 15) is 13.2 Å². The largest absolute Gasteiger partial charge is 0.334 e. The van der Waals surface area contributed by atoms with E-state index >= 15 is 0 Å². The smallest absolute Gasteiger partial charge is 0.306 e. The molecule has 9 nitrogen and oxygen atoms in total. The van der Waals surface area contributed by atoms with Crippen LogP contribution in [0, 0.1) is 0 Å². The number of rotatable bonds is 7. The highest BCUT2D eigenvalue weighted by atomic mass is 32.2. The minimum atomic E-state index is -4.13. The number of anilines is 2. The van der Waals surface area contributed by atoms with Crippen LogP contribution in [-0.4, -0.2) is 55.3 Å². The Hall–Kier alpha value is -2.11. The molecule has 1 saturated heterocycles. The molecule has 2 aromatic rings. The molecule has 2 N–H and O–H groups in total. The molecule has 0 aliphatic carbocycles. The third-order valence-electron chi connectivity index (χ3n) is 5.24. The third-order valence-corrected chi connectivity index (χ3v) is 7.89. The highest BCUT2D eigenvalue weighted by molar-refractivity contribution is 7.91. The molecule has 3 rings (SSSR count). The van der Waals surface area contributed by atoms with Crippen LogP contribution in [0.5, 0.6) is 0 Å². The summed E-state index contributed by atoms with van der Waals surface area (Å²) >= 11 is 1.57. The van der Waals surface area contributed by atoms with E-state index in [0.29, 0.717) is 24.3 Å². The fourth-order valence-corrected chi connectivity index (χ4v) is 6.17. The van der Waals surface area contributed by atoms with Crippen LogP contribution in [0.2, 0.25) is 0 Å². The number of carbonyl (C=O) groups excluding carboxylic acids is 1. The number of nitrogens with one attached hydrogen (secondary N) is 2. The van der Waals surface area contributed by atoms with Crippen molar-refractivity contribution in [2.24, 2.45) is 7.05 Å². The second kappa shape index (κ2) is 9.36. The zero-order valence-electron chi connectivity index (χ0n) is 17.9. The summed E-state index contributed by atoms with van der Waals surface area (Å²) < 4.78 is 31.7. The van der Waals surface area contributed by atoms with Crippen LogP contribution in [0.15, 0.2) is 17.8 Å². The van der Waals surface area contributed by atoms with Crippen LogP contribution in [0.1, 0.15) is 37.1 Å². The molecule has 0 saturated carbocycles. The minimum Gasteiger partial charge on any atom is -0.306 e. The molecule has 11 heteroatoms. The molecule has 0 aromatic carbocycles. The van der Waals surface area contributed by atoms with Gasteiger partial charge in [0.25, 0.3) is 0 Å². The van der Waals surface area contributed by atoms with Gasteiger partial charge < -0.3 is 10.2 Å². The number of piperidine rings is 1. The van der Waals surface area contributed by atoms with Crippen molar-refractivity contribution < 1.29 is 13.2 Å². The van der Waals surface area contributed by atoms with Gasteiger partial charge in [-0.1, -0.05) is 13.8 Å². The zero-order chi connectivity index (χ0) is 21.9. The monoisotopic (exact) mass is 454 g/mol. The number of carbonyl (C=O) groups is 1. The molecule has 0 radical (unpaired) electrons. The SMILES string of the molecule is CCc1csc(CC)c1NC(=O)NS(=O)(=O)N(c1cnn(C)c1)C1CCCN(C)C1. The predicted octanol–water partition coefficient (Wildman–Crippen LogP) is 2.57. The van der Waals surface area contributed by atoms with Gasteiger partial charge in [0.15, 0.2) is 0 Å². The lowest BCUT2D eigenvalue weighted by atomic mass is 10.1. The third kappa shape index (κ3) is 4.96. The summed E-state index contributed by atoms with van der Waals surface area (Å²) in [4.78, 5) is 15.8. The van der Waals surface area contributed by atoms with Crippen LogP contribution in [0.25, 0.3) is 0 Å². The lowest BCUT2D eigenvalue weighted by molar-refractivity contribution is 0.251. The van der Waals surface area contributed by atoms with E-state index in [0.717, 1.165) is 36.2 Å². The first-order valence-corrected chi connectivity index (χ1v) is 12.5. The zero-order valence-corrected chi connectivity index (χ0v) is 19.5. The number of thiophene rings is 1. The van der Waals surface area contributed by atoms with E-state index in [1.54, 1.807) is 29.3 Å². The fraction of sp³-hybridized carbons (Fsp3) is 0.579. The van der Waals surface area contributed by atoms with Crippen LogP contribution < -0.4 is 14.3 Å². The van der Waals surface area contributed by atoms with E-state index in [4.69, 9.17) is 0 Å². The topological polar surface area (TPSA) is 99.6 Å². The number of aromatic nitrogens is 2. The van der Waals surface area contributed by atoms with Crippen LogP contribution in [0.4, 0.5) is 16.2 Å². The van der Waals surface area contributed by atoms with Gasteiger partial charge in [0.2, 0.25) is 0 Å². The lowest BCUT2D eigenvalue weighted by Crippen LogP contribution is -2.54. The van der Waals surface area contributed by atoms with E-state index in [-0.39, 0.29) is 6.04 Å². The molecule has 166 valence electrons. The number of likely N-dealkylation sites (N-methyl/N-ethyl adjacent to an activating group) is 1.